The highest BCUT2D eigenvalue weighted by Gasteiger charge is 2.16. The Labute approximate surface area is 122 Å². The molecule has 1 nitrogen and oxygen atoms in total. The van der Waals surface area contributed by atoms with Gasteiger partial charge >= 0.3 is 0 Å². The number of benzene rings is 2. The highest BCUT2D eigenvalue weighted by Crippen LogP contribution is 2.29. The first kappa shape index (κ1) is 14.8. The molecule has 0 aliphatic carbocycles. The van der Waals surface area contributed by atoms with E-state index in [-0.39, 0.29) is 6.04 Å². The Morgan fingerprint density at radius 2 is 1.40 bits per heavy atom. The zero-order valence-corrected chi connectivity index (χ0v) is 12.8. The number of hydrogen-bond acceptors (Lipinski definition) is 1. The zero-order chi connectivity index (χ0) is 14.5. The first-order valence-electron chi connectivity index (χ1n) is 7.66. The van der Waals surface area contributed by atoms with Crippen LogP contribution in [-0.4, -0.2) is 0 Å². The summed E-state index contributed by atoms with van der Waals surface area (Å²) in [7, 11) is 0. The van der Waals surface area contributed by atoms with Crippen molar-refractivity contribution >= 4 is 0 Å². The highest BCUT2D eigenvalue weighted by molar-refractivity contribution is 5.45. The molecule has 106 valence electrons. The molecule has 0 radical (unpaired) electrons. The molecule has 0 aliphatic rings. The Morgan fingerprint density at radius 1 is 0.850 bits per heavy atom. The summed E-state index contributed by atoms with van der Waals surface area (Å²) in [6, 6.07) is 15.0. The van der Waals surface area contributed by atoms with Crippen molar-refractivity contribution < 1.29 is 0 Å². The summed E-state index contributed by atoms with van der Waals surface area (Å²) in [6.45, 7) is 6.65. The van der Waals surface area contributed by atoms with Crippen molar-refractivity contribution in [2.75, 3.05) is 0 Å². The second-order valence-electron chi connectivity index (χ2n) is 5.28. The van der Waals surface area contributed by atoms with Crippen LogP contribution in [0, 0.1) is 0 Å². The molecule has 1 heteroatoms. The van der Waals surface area contributed by atoms with E-state index in [1.54, 1.807) is 0 Å². The smallest absolute Gasteiger partial charge is 0.0557 e. The monoisotopic (exact) mass is 267 g/mol. The Balaban J connectivity index is 2.54. The average Bonchev–Trinajstić information content (AvgIpc) is 2.53. The molecule has 2 N–H and O–H groups in total. The average molecular weight is 267 g/mol. The molecule has 0 bridgehead atoms. The summed E-state index contributed by atoms with van der Waals surface area (Å²) < 4.78 is 0. The minimum Gasteiger partial charge on any atom is -0.320 e. The normalized spacial score (nSPS) is 12.4. The van der Waals surface area contributed by atoms with Gasteiger partial charge in [0.2, 0.25) is 0 Å². The maximum absolute atomic E-state index is 6.56. The second kappa shape index (κ2) is 6.71. The van der Waals surface area contributed by atoms with Crippen LogP contribution >= 0.6 is 0 Å². The Kier molecular flexibility index (Phi) is 4.97. The third-order valence-corrected chi connectivity index (χ3v) is 4.05. The Bertz CT molecular complexity index is 532. The first-order chi connectivity index (χ1) is 9.71. The van der Waals surface area contributed by atoms with Crippen molar-refractivity contribution in [1.82, 2.24) is 0 Å². The molecule has 0 spiro atoms. The van der Waals surface area contributed by atoms with Gasteiger partial charge in [-0.15, -0.1) is 0 Å². The molecular weight excluding hydrogens is 242 g/mol. The fourth-order valence-corrected chi connectivity index (χ4v) is 2.87. The van der Waals surface area contributed by atoms with Crippen molar-refractivity contribution in [3.63, 3.8) is 0 Å². The number of nitrogens with two attached hydrogens (primary N) is 1. The van der Waals surface area contributed by atoms with E-state index in [1.165, 1.54) is 27.8 Å². The quantitative estimate of drug-likeness (QED) is 0.852. The molecule has 0 heterocycles. The van der Waals surface area contributed by atoms with E-state index in [1.807, 2.05) is 6.07 Å². The lowest BCUT2D eigenvalue weighted by atomic mass is 9.87. The van der Waals surface area contributed by atoms with Gasteiger partial charge in [0.25, 0.3) is 0 Å². The first-order valence-corrected chi connectivity index (χ1v) is 7.66. The van der Waals surface area contributed by atoms with Gasteiger partial charge in [0.1, 0.15) is 0 Å². The van der Waals surface area contributed by atoms with E-state index in [0.717, 1.165) is 19.3 Å². The van der Waals surface area contributed by atoms with Crippen LogP contribution < -0.4 is 5.73 Å². The van der Waals surface area contributed by atoms with Gasteiger partial charge in [-0.2, -0.15) is 0 Å². The summed E-state index contributed by atoms with van der Waals surface area (Å²) in [6.07, 6.45) is 3.16. The van der Waals surface area contributed by atoms with Crippen molar-refractivity contribution in [3.05, 3.63) is 70.3 Å². The number of rotatable bonds is 5. The lowest BCUT2D eigenvalue weighted by molar-refractivity contribution is 0.824. The summed E-state index contributed by atoms with van der Waals surface area (Å²) in [4.78, 5) is 0. The van der Waals surface area contributed by atoms with E-state index in [9.17, 15) is 0 Å². The topological polar surface area (TPSA) is 26.0 Å². The van der Waals surface area contributed by atoms with Crippen LogP contribution in [0.15, 0.2) is 42.5 Å². The van der Waals surface area contributed by atoms with Crippen LogP contribution in [0.25, 0.3) is 0 Å². The molecule has 0 amide bonds. The molecule has 1 unspecified atom stereocenters. The van der Waals surface area contributed by atoms with Gasteiger partial charge in [-0.25, -0.2) is 0 Å². The lowest BCUT2D eigenvalue weighted by Gasteiger charge is -2.21. The molecule has 0 aromatic heterocycles. The molecule has 20 heavy (non-hydrogen) atoms. The molecule has 0 saturated heterocycles. The fraction of sp³-hybridized carbons (Fsp3) is 0.368. The van der Waals surface area contributed by atoms with Gasteiger partial charge in [0.05, 0.1) is 6.04 Å². The predicted molar refractivity (Wildman–Crippen MR) is 87.0 cm³/mol. The summed E-state index contributed by atoms with van der Waals surface area (Å²) in [5.41, 5.74) is 13.3. The SMILES string of the molecule is CCc1cc(CC)c(C(N)c2ccccc2)c(CC)c1. The van der Waals surface area contributed by atoms with Crippen LogP contribution in [0.2, 0.25) is 0 Å². The van der Waals surface area contributed by atoms with Gasteiger partial charge in [-0.1, -0.05) is 63.2 Å². The molecule has 0 aliphatic heterocycles. The van der Waals surface area contributed by atoms with Gasteiger partial charge in [-0.3, -0.25) is 0 Å². The third kappa shape index (κ3) is 2.94. The predicted octanol–water partition coefficient (Wildman–Crippen LogP) is 4.42. The van der Waals surface area contributed by atoms with Crippen LogP contribution in [0.3, 0.4) is 0 Å². The van der Waals surface area contributed by atoms with Gasteiger partial charge in [0, 0.05) is 0 Å². The molecule has 0 saturated carbocycles. The molecular formula is C19H25N. The minimum absolute atomic E-state index is 0.0213. The van der Waals surface area contributed by atoms with Crippen molar-refractivity contribution in [2.45, 2.75) is 46.1 Å². The summed E-state index contributed by atoms with van der Waals surface area (Å²) >= 11 is 0. The van der Waals surface area contributed by atoms with Gasteiger partial charge in [-0.05, 0) is 47.1 Å². The molecule has 2 aromatic carbocycles. The van der Waals surface area contributed by atoms with E-state index in [2.05, 4.69) is 57.2 Å². The number of aryl methyl sites for hydroxylation is 3. The standard InChI is InChI=1S/C19H25N/c1-4-14-12-15(5-2)18(16(6-3)13-14)19(20)17-10-8-7-9-11-17/h7-13,19H,4-6,20H2,1-3H3. The number of hydrogen-bond donors (Lipinski definition) is 1. The van der Waals surface area contributed by atoms with Crippen molar-refractivity contribution in [1.29, 1.82) is 0 Å². The third-order valence-electron chi connectivity index (χ3n) is 4.05. The van der Waals surface area contributed by atoms with E-state index < -0.39 is 0 Å². The minimum atomic E-state index is -0.0213. The van der Waals surface area contributed by atoms with Gasteiger partial charge in [0.15, 0.2) is 0 Å². The second-order valence-corrected chi connectivity index (χ2v) is 5.28. The van der Waals surface area contributed by atoms with Crippen LogP contribution in [0.5, 0.6) is 0 Å². The molecule has 1 atom stereocenters. The van der Waals surface area contributed by atoms with Crippen LogP contribution in [0.1, 0.15) is 54.6 Å². The summed E-state index contributed by atoms with van der Waals surface area (Å²) in [5.74, 6) is 0. The van der Waals surface area contributed by atoms with Crippen LogP contribution in [0.4, 0.5) is 0 Å². The maximum Gasteiger partial charge on any atom is 0.0557 e. The molecule has 2 aromatic rings. The molecule has 0 fully saturated rings. The van der Waals surface area contributed by atoms with Gasteiger partial charge < -0.3 is 5.73 Å². The van der Waals surface area contributed by atoms with Crippen LogP contribution in [-0.2, 0) is 19.3 Å². The van der Waals surface area contributed by atoms with E-state index >= 15 is 0 Å². The van der Waals surface area contributed by atoms with Crippen molar-refractivity contribution in [2.24, 2.45) is 5.73 Å². The molecule has 2 rings (SSSR count). The lowest BCUT2D eigenvalue weighted by Crippen LogP contribution is -2.17. The maximum atomic E-state index is 6.56. The Hall–Kier alpha value is -1.60. The highest BCUT2D eigenvalue weighted by atomic mass is 14.6. The Morgan fingerprint density at radius 3 is 1.85 bits per heavy atom. The largest absolute Gasteiger partial charge is 0.320 e. The summed E-state index contributed by atoms with van der Waals surface area (Å²) in [5, 5.41) is 0. The van der Waals surface area contributed by atoms with Crippen molar-refractivity contribution in [3.8, 4) is 0 Å². The van der Waals surface area contributed by atoms with E-state index in [4.69, 9.17) is 5.73 Å². The zero-order valence-electron chi connectivity index (χ0n) is 12.8. The van der Waals surface area contributed by atoms with E-state index in [0.29, 0.717) is 0 Å². The fourth-order valence-electron chi connectivity index (χ4n) is 2.87.